The molecule has 0 fully saturated rings. The molecule has 0 spiro atoms. The molecule has 0 saturated heterocycles. The van der Waals surface area contributed by atoms with Gasteiger partial charge in [-0.2, -0.15) is 5.10 Å². The van der Waals surface area contributed by atoms with E-state index < -0.39 is 0 Å². The van der Waals surface area contributed by atoms with Crippen molar-refractivity contribution in [1.82, 2.24) is 9.78 Å². The largest absolute Gasteiger partial charge is 0.257 e. The van der Waals surface area contributed by atoms with Crippen LogP contribution in [0.3, 0.4) is 0 Å². The summed E-state index contributed by atoms with van der Waals surface area (Å²) in [5.41, 5.74) is 2.42. The summed E-state index contributed by atoms with van der Waals surface area (Å²) >= 11 is 9.68. The molecule has 0 aliphatic carbocycles. The first-order valence-electron chi connectivity index (χ1n) is 4.61. The zero-order valence-corrected chi connectivity index (χ0v) is 11.4. The van der Waals surface area contributed by atoms with Gasteiger partial charge in [0.15, 0.2) is 0 Å². The predicted octanol–water partition coefficient (Wildman–Crippen LogP) is 3.35. The van der Waals surface area contributed by atoms with E-state index in [0.29, 0.717) is 0 Å². The third-order valence-electron chi connectivity index (χ3n) is 2.29. The van der Waals surface area contributed by atoms with Crippen LogP contribution >= 0.6 is 27.5 Å². The maximum atomic E-state index is 6.16. The molecule has 80 valence electrons. The zero-order valence-electron chi connectivity index (χ0n) is 9.06. The topological polar surface area (TPSA) is 17.8 Å². The molecule has 14 heavy (non-hydrogen) atoms. The van der Waals surface area contributed by atoms with Crippen LogP contribution < -0.4 is 0 Å². The van der Waals surface area contributed by atoms with Crippen LogP contribution in [-0.4, -0.2) is 15.1 Å². The molecule has 1 heterocycles. The van der Waals surface area contributed by atoms with Crippen LogP contribution in [0, 0.1) is 12.3 Å². The molecule has 0 aliphatic rings. The molecular formula is C10H16BrClN2. The monoisotopic (exact) mass is 278 g/mol. The highest BCUT2D eigenvalue weighted by Crippen LogP contribution is 2.29. The fourth-order valence-electron chi connectivity index (χ4n) is 1.40. The zero-order chi connectivity index (χ0) is 10.9. The fraction of sp³-hybridized carbons (Fsp3) is 0.700. The highest BCUT2D eigenvalue weighted by Gasteiger charge is 2.22. The van der Waals surface area contributed by atoms with Crippen molar-refractivity contribution in [3.05, 3.63) is 16.4 Å². The summed E-state index contributed by atoms with van der Waals surface area (Å²) in [7, 11) is 1.87. The highest BCUT2D eigenvalue weighted by atomic mass is 79.9. The summed E-state index contributed by atoms with van der Waals surface area (Å²) in [6.45, 7) is 6.43. The Kier molecular flexibility index (Phi) is 3.64. The maximum absolute atomic E-state index is 6.16. The van der Waals surface area contributed by atoms with Crippen LogP contribution in [0.1, 0.15) is 25.1 Å². The highest BCUT2D eigenvalue weighted by molar-refractivity contribution is 9.09. The Labute approximate surface area is 98.8 Å². The molecule has 1 rings (SSSR count). The number of nitrogens with zero attached hydrogens (tertiary/aromatic N) is 2. The number of alkyl halides is 1. The summed E-state index contributed by atoms with van der Waals surface area (Å²) in [6.07, 6.45) is 0.955. The van der Waals surface area contributed by atoms with Crippen molar-refractivity contribution in [2.45, 2.75) is 27.2 Å². The van der Waals surface area contributed by atoms with Gasteiger partial charge in [0.05, 0.1) is 5.69 Å². The van der Waals surface area contributed by atoms with E-state index in [1.807, 2.05) is 14.0 Å². The number of hydrogen-bond donors (Lipinski definition) is 0. The van der Waals surface area contributed by atoms with E-state index in [1.165, 1.54) is 5.56 Å². The van der Waals surface area contributed by atoms with Gasteiger partial charge in [-0.1, -0.05) is 41.4 Å². The van der Waals surface area contributed by atoms with Gasteiger partial charge >= 0.3 is 0 Å². The second-order valence-corrected chi connectivity index (χ2v) is 5.37. The summed E-state index contributed by atoms with van der Waals surface area (Å²) in [5.74, 6) is 0. The van der Waals surface area contributed by atoms with Crippen LogP contribution in [0.15, 0.2) is 0 Å². The molecule has 0 bridgehead atoms. The van der Waals surface area contributed by atoms with Crippen molar-refractivity contribution in [3.8, 4) is 0 Å². The van der Waals surface area contributed by atoms with Crippen molar-refractivity contribution in [1.29, 1.82) is 0 Å². The average Bonchev–Trinajstić information content (AvgIpc) is 2.32. The minimum absolute atomic E-state index is 0.220. The summed E-state index contributed by atoms with van der Waals surface area (Å²) in [5, 5.41) is 6.02. The molecule has 0 N–H and O–H groups in total. The van der Waals surface area contributed by atoms with Gasteiger partial charge in [0, 0.05) is 17.9 Å². The molecule has 4 heteroatoms. The van der Waals surface area contributed by atoms with Crippen molar-refractivity contribution in [2.24, 2.45) is 12.5 Å². The van der Waals surface area contributed by atoms with Gasteiger partial charge in [-0.3, -0.25) is 4.68 Å². The van der Waals surface area contributed by atoms with Gasteiger partial charge in [-0.25, -0.2) is 0 Å². The lowest BCUT2D eigenvalue weighted by atomic mass is 9.88. The van der Waals surface area contributed by atoms with E-state index >= 15 is 0 Å². The Balaban J connectivity index is 2.97. The third kappa shape index (κ3) is 2.51. The second-order valence-electron chi connectivity index (χ2n) is 4.45. The second kappa shape index (κ2) is 4.23. The van der Waals surface area contributed by atoms with Gasteiger partial charge in [-0.15, -0.1) is 0 Å². The molecule has 1 aromatic heterocycles. The molecule has 0 saturated carbocycles. The molecule has 0 aromatic carbocycles. The van der Waals surface area contributed by atoms with E-state index in [9.17, 15) is 0 Å². The Morgan fingerprint density at radius 2 is 2.07 bits per heavy atom. The van der Waals surface area contributed by atoms with Crippen LogP contribution in [0.5, 0.6) is 0 Å². The van der Waals surface area contributed by atoms with Crippen molar-refractivity contribution in [2.75, 3.05) is 5.33 Å². The molecule has 0 atom stereocenters. The Morgan fingerprint density at radius 1 is 1.50 bits per heavy atom. The van der Waals surface area contributed by atoms with Crippen molar-refractivity contribution in [3.63, 3.8) is 0 Å². The normalized spacial score (nSPS) is 12.1. The Hall–Kier alpha value is -0.0200. The molecular weight excluding hydrogens is 263 g/mol. The number of aromatic nitrogens is 2. The van der Waals surface area contributed by atoms with Gasteiger partial charge < -0.3 is 0 Å². The minimum atomic E-state index is 0.220. The van der Waals surface area contributed by atoms with E-state index in [-0.39, 0.29) is 5.41 Å². The lowest BCUT2D eigenvalue weighted by molar-refractivity contribution is 0.424. The van der Waals surface area contributed by atoms with Gasteiger partial charge in [0.1, 0.15) is 5.15 Å². The van der Waals surface area contributed by atoms with E-state index in [2.05, 4.69) is 34.9 Å². The predicted molar refractivity (Wildman–Crippen MR) is 64.2 cm³/mol. The van der Waals surface area contributed by atoms with E-state index in [4.69, 9.17) is 11.6 Å². The summed E-state index contributed by atoms with van der Waals surface area (Å²) < 4.78 is 1.73. The first-order chi connectivity index (χ1) is 6.37. The Bertz CT molecular complexity index is 331. The third-order valence-corrected chi connectivity index (χ3v) is 4.28. The Morgan fingerprint density at radius 3 is 2.43 bits per heavy atom. The number of halogens is 2. The molecule has 0 unspecified atom stereocenters. The standard InChI is InChI=1S/C10H16BrClN2/c1-7-8(5-10(2,3)6-11)9(12)14(4)13-7/h5-6H2,1-4H3. The smallest absolute Gasteiger partial charge is 0.130 e. The number of aryl methyl sites for hydroxylation is 2. The number of rotatable bonds is 3. The minimum Gasteiger partial charge on any atom is -0.257 e. The van der Waals surface area contributed by atoms with E-state index in [1.54, 1.807) is 4.68 Å². The van der Waals surface area contributed by atoms with Crippen molar-refractivity contribution < 1.29 is 0 Å². The molecule has 0 aliphatic heterocycles. The summed E-state index contributed by atoms with van der Waals surface area (Å²) in [4.78, 5) is 0. The number of hydrogen-bond acceptors (Lipinski definition) is 1. The quantitative estimate of drug-likeness (QED) is 0.776. The lowest BCUT2D eigenvalue weighted by Crippen LogP contribution is -2.17. The summed E-state index contributed by atoms with van der Waals surface area (Å²) in [6, 6.07) is 0. The van der Waals surface area contributed by atoms with Crippen LogP contribution in [0.4, 0.5) is 0 Å². The van der Waals surface area contributed by atoms with Gasteiger partial charge in [0.25, 0.3) is 0 Å². The lowest BCUT2D eigenvalue weighted by Gasteiger charge is -2.21. The van der Waals surface area contributed by atoms with Gasteiger partial charge in [-0.05, 0) is 18.8 Å². The van der Waals surface area contributed by atoms with Crippen LogP contribution in [-0.2, 0) is 13.5 Å². The van der Waals surface area contributed by atoms with Crippen LogP contribution in [0.2, 0.25) is 5.15 Å². The maximum Gasteiger partial charge on any atom is 0.130 e. The van der Waals surface area contributed by atoms with Crippen LogP contribution in [0.25, 0.3) is 0 Å². The fourth-order valence-corrected chi connectivity index (χ4v) is 1.84. The van der Waals surface area contributed by atoms with Crippen molar-refractivity contribution >= 4 is 27.5 Å². The molecule has 1 aromatic rings. The first-order valence-corrected chi connectivity index (χ1v) is 6.11. The average molecular weight is 280 g/mol. The van der Waals surface area contributed by atoms with Gasteiger partial charge in [0.2, 0.25) is 0 Å². The SMILES string of the molecule is Cc1nn(C)c(Cl)c1CC(C)(C)CBr. The van der Waals surface area contributed by atoms with E-state index in [0.717, 1.165) is 22.6 Å². The molecule has 0 amide bonds. The molecule has 2 nitrogen and oxygen atoms in total. The molecule has 0 radical (unpaired) electrons. The first kappa shape index (κ1) is 12.1.